The number of ether oxygens (including phenoxy) is 1. The predicted octanol–water partition coefficient (Wildman–Crippen LogP) is 7.29. The second kappa shape index (κ2) is 9.16. The zero-order valence-corrected chi connectivity index (χ0v) is 19.6. The van der Waals surface area contributed by atoms with E-state index >= 15 is 0 Å². The second-order valence-electron chi connectivity index (χ2n) is 9.87. The maximum absolute atomic E-state index is 6.11. The largest absolute Gasteiger partial charge is 0.476 e. The molecule has 0 saturated heterocycles. The van der Waals surface area contributed by atoms with Crippen molar-refractivity contribution in [2.45, 2.75) is 72.8 Å². The van der Waals surface area contributed by atoms with Crippen LogP contribution < -0.4 is 0 Å². The molecule has 2 aromatic rings. The average molecular weight is 405 g/mol. The molecule has 3 heteroatoms. The SMILES string of the molecule is CC(C)c1cccc(C(C)C)c1N=C(C1=N[C@@H](C(C)(C)C)CCO1)c1ccccc1. The molecule has 160 valence electrons. The van der Waals surface area contributed by atoms with E-state index < -0.39 is 0 Å². The summed E-state index contributed by atoms with van der Waals surface area (Å²) in [4.78, 5) is 10.3. The van der Waals surface area contributed by atoms with Crippen LogP contribution in [0, 0.1) is 5.41 Å². The molecular weight excluding hydrogens is 368 g/mol. The lowest BCUT2D eigenvalue weighted by Crippen LogP contribution is -2.34. The molecule has 3 nitrogen and oxygen atoms in total. The zero-order valence-electron chi connectivity index (χ0n) is 19.6. The van der Waals surface area contributed by atoms with Gasteiger partial charge in [0.05, 0.1) is 18.3 Å². The molecule has 0 radical (unpaired) electrons. The van der Waals surface area contributed by atoms with E-state index in [1.807, 2.05) is 18.2 Å². The van der Waals surface area contributed by atoms with Gasteiger partial charge in [0.15, 0.2) is 0 Å². The number of nitrogens with zero attached hydrogens (tertiary/aromatic N) is 2. The van der Waals surface area contributed by atoms with Crippen LogP contribution in [0.1, 0.15) is 83.4 Å². The highest BCUT2D eigenvalue weighted by molar-refractivity contribution is 6.46. The molecule has 0 saturated carbocycles. The molecule has 0 amide bonds. The normalized spacial score (nSPS) is 17.8. The smallest absolute Gasteiger partial charge is 0.236 e. The summed E-state index contributed by atoms with van der Waals surface area (Å²) in [6, 6.07) is 17.1. The first-order valence-electron chi connectivity index (χ1n) is 11.2. The van der Waals surface area contributed by atoms with E-state index in [-0.39, 0.29) is 11.5 Å². The lowest BCUT2D eigenvalue weighted by molar-refractivity contribution is 0.206. The van der Waals surface area contributed by atoms with Crippen molar-refractivity contribution in [1.29, 1.82) is 0 Å². The third kappa shape index (κ3) is 5.00. The molecule has 1 atom stereocenters. The Labute approximate surface area is 182 Å². The number of aliphatic imine (C=N–C) groups is 2. The van der Waals surface area contributed by atoms with Gasteiger partial charge in [-0.05, 0) is 28.4 Å². The molecule has 0 bridgehead atoms. The number of hydrogen-bond acceptors (Lipinski definition) is 3. The van der Waals surface area contributed by atoms with Crippen molar-refractivity contribution < 1.29 is 4.74 Å². The van der Waals surface area contributed by atoms with Gasteiger partial charge < -0.3 is 4.74 Å². The Morgan fingerprint density at radius 2 is 1.53 bits per heavy atom. The summed E-state index contributed by atoms with van der Waals surface area (Å²) in [5, 5.41) is 0. The minimum Gasteiger partial charge on any atom is -0.476 e. The maximum Gasteiger partial charge on any atom is 0.236 e. The molecule has 3 rings (SSSR count). The fourth-order valence-corrected chi connectivity index (χ4v) is 3.85. The summed E-state index contributed by atoms with van der Waals surface area (Å²) in [5.74, 6) is 1.44. The molecule has 30 heavy (non-hydrogen) atoms. The third-order valence-corrected chi connectivity index (χ3v) is 5.72. The average Bonchev–Trinajstić information content (AvgIpc) is 2.71. The number of benzene rings is 2. The molecule has 0 fully saturated rings. The molecule has 2 aromatic carbocycles. The van der Waals surface area contributed by atoms with Gasteiger partial charge in [-0.3, -0.25) is 0 Å². The van der Waals surface area contributed by atoms with Gasteiger partial charge in [-0.15, -0.1) is 0 Å². The van der Waals surface area contributed by atoms with Crippen molar-refractivity contribution in [3.05, 3.63) is 65.2 Å². The third-order valence-electron chi connectivity index (χ3n) is 5.72. The van der Waals surface area contributed by atoms with E-state index in [1.165, 1.54) is 11.1 Å². The van der Waals surface area contributed by atoms with Crippen LogP contribution in [0.5, 0.6) is 0 Å². The highest BCUT2D eigenvalue weighted by Gasteiger charge is 2.30. The van der Waals surface area contributed by atoms with Crippen LogP contribution >= 0.6 is 0 Å². The molecule has 1 heterocycles. The van der Waals surface area contributed by atoms with Gasteiger partial charge in [0.25, 0.3) is 0 Å². The molecule has 1 aliphatic heterocycles. The van der Waals surface area contributed by atoms with Crippen molar-refractivity contribution in [3.8, 4) is 0 Å². The Morgan fingerprint density at radius 3 is 2.07 bits per heavy atom. The number of para-hydroxylation sites is 1. The van der Waals surface area contributed by atoms with Crippen molar-refractivity contribution in [2.75, 3.05) is 6.61 Å². The molecule has 0 unspecified atom stereocenters. The molecule has 0 N–H and O–H groups in total. The first-order valence-corrected chi connectivity index (χ1v) is 11.2. The Balaban J connectivity index is 2.23. The minimum atomic E-state index is 0.0930. The van der Waals surface area contributed by atoms with E-state index in [4.69, 9.17) is 14.7 Å². The zero-order chi connectivity index (χ0) is 21.9. The van der Waals surface area contributed by atoms with Gasteiger partial charge in [0.2, 0.25) is 5.90 Å². The van der Waals surface area contributed by atoms with E-state index in [0.29, 0.717) is 24.3 Å². The van der Waals surface area contributed by atoms with E-state index in [9.17, 15) is 0 Å². The lowest BCUT2D eigenvalue weighted by atomic mass is 9.85. The van der Waals surface area contributed by atoms with Crippen LogP contribution in [0.15, 0.2) is 58.5 Å². The summed E-state index contributed by atoms with van der Waals surface area (Å²) in [6.45, 7) is 16.3. The Morgan fingerprint density at radius 1 is 0.933 bits per heavy atom. The van der Waals surface area contributed by atoms with E-state index in [1.54, 1.807) is 0 Å². The summed E-state index contributed by atoms with van der Waals surface area (Å²) in [6.07, 6.45) is 0.939. The van der Waals surface area contributed by atoms with E-state index in [2.05, 4.69) is 78.8 Å². The van der Waals surface area contributed by atoms with Gasteiger partial charge in [-0.2, -0.15) is 0 Å². The first-order chi connectivity index (χ1) is 14.2. The lowest BCUT2D eigenvalue weighted by Gasteiger charge is -2.31. The second-order valence-corrected chi connectivity index (χ2v) is 9.87. The highest BCUT2D eigenvalue weighted by Crippen LogP contribution is 2.36. The molecular formula is C27H36N2O. The predicted molar refractivity (Wildman–Crippen MR) is 129 cm³/mol. The van der Waals surface area contributed by atoms with E-state index in [0.717, 1.165) is 23.4 Å². The highest BCUT2D eigenvalue weighted by atomic mass is 16.5. The Bertz CT molecular complexity index is 891. The Kier molecular flexibility index (Phi) is 6.80. The first kappa shape index (κ1) is 22.3. The maximum atomic E-state index is 6.11. The van der Waals surface area contributed by atoms with Gasteiger partial charge in [-0.1, -0.05) is 97.0 Å². The van der Waals surface area contributed by atoms with Crippen LogP contribution in [0.2, 0.25) is 0 Å². The fourth-order valence-electron chi connectivity index (χ4n) is 3.85. The van der Waals surface area contributed by atoms with Gasteiger partial charge >= 0.3 is 0 Å². The number of hydrogen-bond donors (Lipinski definition) is 0. The topological polar surface area (TPSA) is 34.0 Å². The molecule has 1 aliphatic rings. The van der Waals surface area contributed by atoms with Gasteiger partial charge in [-0.25, -0.2) is 9.98 Å². The summed E-state index contributed by atoms with van der Waals surface area (Å²) in [5.41, 5.74) is 5.55. The van der Waals surface area contributed by atoms with Crippen molar-refractivity contribution in [1.82, 2.24) is 0 Å². The van der Waals surface area contributed by atoms with Crippen molar-refractivity contribution in [3.63, 3.8) is 0 Å². The molecule has 0 aromatic heterocycles. The fraction of sp³-hybridized carbons (Fsp3) is 0.481. The van der Waals surface area contributed by atoms with Crippen LogP contribution in [0.4, 0.5) is 5.69 Å². The summed E-state index contributed by atoms with van der Waals surface area (Å²) >= 11 is 0. The van der Waals surface area contributed by atoms with Crippen LogP contribution in [0.3, 0.4) is 0 Å². The summed E-state index contributed by atoms with van der Waals surface area (Å²) < 4.78 is 6.11. The monoisotopic (exact) mass is 404 g/mol. The standard InChI is InChI=1S/C27H36N2O/c1-18(2)21-14-11-15-22(19(3)4)25(21)29-24(20-12-9-8-10-13-20)26-28-23(16-17-30-26)27(5,6)7/h8-15,18-19,23H,16-17H2,1-7H3/t23-/m1/s1. The minimum absolute atomic E-state index is 0.0930. The Hall–Kier alpha value is -2.42. The van der Waals surface area contributed by atoms with Gasteiger partial charge in [0.1, 0.15) is 5.71 Å². The van der Waals surface area contributed by atoms with Crippen molar-refractivity contribution >= 4 is 17.3 Å². The van der Waals surface area contributed by atoms with Crippen LogP contribution in [-0.4, -0.2) is 24.3 Å². The van der Waals surface area contributed by atoms with Crippen LogP contribution in [0.25, 0.3) is 0 Å². The number of rotatable bonds is 5. The van der Waals surface area contributed by atoms with Gasteiger partial charge in [0, 0.05) is 12.0 Å². The summed E-state index contributed by atoms with van der Waals surface area (Å²) in [7, 11) is 0. The molecule has 0 aliphatic carbocycles. The quantitative estimate of drug-likeness (QED) is 0.482. The van der Waals surface area contributed by atoms with Crippen LogP contribution in [-0.2, 0) is 4.74 Å². The molecule has 0 spiro atoms. The van der Waals surface area contributed by atoms with Crippen molar-refractivity contribution in [2.24, 2.45) is 15.4 Å².